The standard InChI is InChI=1S/C14H21ClN2O.ClH/c1-14(2,13(18)17-8-4-7-16)10-11-5-3-6-12(15)9-11;/h3,5-6,9H,4,7-8,10,16H2,1-2H3,(H,17,18);1H. The van der Waals surface area contributed by atoms with Crippen molar-refractivity contribution in [2.24, 2.45) is 11.1 Å². The number of halogens is 2. The fourth-order valence-electron chi connectivity index (χ4n) is 1.78. The molecule has 1 aromatic rings. The van der Waals surface area contributed by atoms with Gasteiger partial charge in [-0.1, -0.05) is 37.6 Å². The molecule has 0 saturated heterocycles. The molecule has 19 heavy (non-hydrogen) atoms. The topological polar surface area (TPSA) is 55.1 Å². The Hall–Kier alpha value is -0.770. The van der Waals surface area contributed by atoms with Crippen molar-refractivity contribution in [2.45, 2.75) is 26.7 Å². The third-order valence-electron chi connectivity index (χ3n) is 2.82. The zero-order chi connectivity index (χ0) is 13.6. The van der Waals surface area contributed by atoms with Crippen molar-refractivity contribution in [3.05, 3.63) is 34.9 Å². The van der Waals surface area contributed by atoms with Crippen molar-refractivity contribution in [1.29, 1.82) is 0 Å². The molecule has 0 fully saturated rings. The predicted molar refractivity (Wildman–Crippen MR) is 82.9 cm³/mol. The van der Waals surface area contributed by atoms with E-state index < -0.39 is 5.41 Å². The summed E-state index contributed by atoms with van der Waals surface area (Å²) in [5.41, 5.74) is 6.02. The second-order valence-corrected chi connectivity index (χ2v) is 5.53. The van der Waals surface area contributed by atoms with Crippen molar-refractivity contribution in [3.63, 3.8) is 0 Å². The van der Waals surface area contributed by atoms with E-state index in [1.165, 1.54) is 0 Å². The number of nitrogens with one attached hydrogen (secondary N) is 1. The molecule has 0 atom stereocenters. The summed E-state index contributed by atoms with van der Waals surface area (Å²) in [6.07, 6.45) is 1.47. The molecule has 0 heterocycles. The molecule has 3 N–H and O–H groups in total. The summed E-state index contributed by atoms with van der Waals surface area (Å²) in [6, 6.07) is 7.62. The molecule has 1 aromatic carbocycles. The zero-order valence-electron chi connectivity index (χ0n) is 11.4. The molecule has 0 unspecified atom stereocenters. The van der Waals surface area contributed by atoms with E-state index in [0.29, 0.717) is 24.5 Å². The lowest BCUT2D eigenvalue weighted by Gasteiger charge is -2.23. The summed E-state index contributed by atoms with van der Waals surface area (Å²) >= 11 is 5.94. The van der Waals surface area contributed by atoms with Crippen LogP contribution in [0.15, 0.2) is 24.3 Å². The van der Waals surface area contributed by atoms with E-state index in [-0.39, 0.29) is 18.3 Å². The Balaban J connectivity index is 0.00000324. The Morgan fingerprint density at radius 1 is 1.42 bits per heavy atom. The average molecular weight is 305 g/mol. The van der Waals surface area contributed by atoms with Gasteiger partial charge in [0.25, 0.3) is 0 Å². The Labute approximate surface area is 126 Å². The third kappa shape index (κ3) is 6.28. The number of rotatable bonds is 6. The fourth-order valence-corrected chi connectivity index (χ4v) is 1.99. The maximum Gasteiger partial charge on any atom is 0.225 e. The number of hydrogen-bond donors (Lipinski definition) is 2. The highest BCUT2D eigenvalue weighted by atomic mass is 35.5. The minimum atomic E-state index is -0.445. The van der Waals surface area contributed by atoms with Gasteiger partial charge in [0.1, 0.15) is 0 Å². The number of nitrogens with two attached hydrogens (primary N) is 1. The van der Waals surface area contributed by atoms with Crippen LogP contribution in [0, 0.1) is 5.41 Å². The first-order valence-corrected chi connectivity index (χ1v) is 6.56. The van der Waals surface area contributed by atoms with Crippen LogP contribution >= 0.6 is 24.0 Å². The summed E-state index contributed by atoms with van der Waals surface area (Å²) in [7, 11) is 0. The molecule has 0 saturated carbocycles. The molecule has 1 amide bonds. The number of amides is 1. The van der Waals surface area contributed by atoms with Gasteiger partial charge in [-0.3, -0.25) is 4.79 Å². The fraction of sp³-hybridized carbons (Fsp3) is 0.500. The van der Waals surface area contributed by atoms with Gasteiger partial charge in [0.15, 0.2) is 0 Å². The van der Waals surface area contributed by atoms with Crippen molar-refractivity contribution < 1.29 is 4.79 Å². The Morgan fingerprint density at radius 3 is 2.68 bits per heavy atom. The zero-order valence-corrected chi connectivity index (χ0v) is 13.0. The number of carbonyl (C=O) groups is 1. The quantitative estimate of drug-likeness (QED) is 0.794. The van der Waals surface area contributed by atoms with Crippen LogP contribution in [0.2, 0.25) is 5.02 Å². The van der Waals surface area contributed by atoms with Crippen molar-refractivity contribution in [2.75, 3.05) is 13.1 Å². The van der Waals surface area contributed by atoms with Gasteiger partial charge < -0.3 is 11.1 Å². The number of hydrogen-bond acceptors (Lipinski definition) is 2. The first kappa shape index (κ1) is 18.2. The molecule has 108 valence electrons. The van der Waals surface area contributed by atoms with Gasteiger partial charge in [0.2, 0.25) is 5.91 Å². The van der Waals surface area contributed by atoms with Gasteiger partial charge in [-0.05, 0) is 37.1 Å². The molecule has 0 aromatic heterocycles. The van der Waals surface area contributed by atoms with Gasteiger partial charge in [-0.2, -0.15) is 0 Å². The van der Waals surface area contributed by atoms with Crippen LogP contribution in [0.5, 0.6) is 0 Å². The van der Waals surface area contributed by atoms with E-state index in [2.05, 4.69) is 5.32 Å². The molecule has 0 bridgehead atoms. The number of carbonyl (C=O) groups excluding carboxylic acids is 1. The van der Waals surface area contributed by atoms with E-state index >= 15 is 0 Å². The van der Waals surface area contributed by atoms with Crippen LogP contribution in [0.4, 0.5) is 0 Å². The summed E-state index contributed by atoms with van der Waals surface area (Å²) in [4.78, 5) is 12.0. The van der Waals surface area contributed by atoms with E-state index in [0.717, 1.165) is 12.0 Å². The van der Waals surface area contributed by atoms with Crippen LogP contribution in [0.1, 0.15) is 25.8 Å². The van der Waals surface area contributed by atoms with Gasteiger partial charge >= 0.3 is 0 Å². The first-order valence-electron chi connectivity index (χ1n) is 6.18. The maximum atomic E-state index is 12.0. The van der Waals surface area contributed by atoms with Crippen molar-refractivity contribution in [1.82, 2.24) is 5.32 Å². The second-order valence-electron chi connectivity index (χ2n) is 5.09. The molecule has 0 radical (unpaired) electrons. The molecule has 5 heteroatoms. The Morgan fingerprint density at radius 2 is 2.11 bits per heavy atom. The monoisotopic (exact) mass is 304 g/mol. The van der Waals surface area contributed by atoms with Gasteiger partial charge in [-0.25, -0.2) is 0 Å². The van der Waals surface area contributed by atoms with E-state index in [4.69, 9.17) is 17.3 Å². The van der Waals surface area contributed by atoms with E-state index in [9.17, 15) is 4.79 Å². The average Bonchev–Trinajstić information content (AvgIpc) is 2.28. The van der Waals surface area contributed by atoms with Gasteiger partial charge in [0, 0.05) is 17.0 Å². The predicted octanol–water partition coefficient (Wildman–Crippen LogP) is 2.80. The third-order valence-corrected chi connectivity index (χ3v) is 3.05. The molecule has 0 aliphatic heterocycles. The second kappa shape index (κ2) is 8.41. The molecule has 3 nitrogen and oxygen atoms in total. The van der Waals surface area contributed by atoms with Gasteiger partial charge in [-0.15, -0.1) is 12.4 Å². The van der Waals surface area contributed by atoms with Crippen LogP contribution in [-0.4, -0.2) is 19.0 Å². The van der Waals surface area contributed by atoms with Crippen LogP contribution in [0.25, 0.3) is 0 Å². The minimum absolute atomic E-state index is 0. The Bertz CT molecular complexity index is 408. The smallest absolute Gasteiger partial charge is 0.225 e. The largest absolute Gasteiger partial charge is 0.356 e. The normalized spacial score (nSPS) is 10.7. The van der Waals surface area contributed by atoms with Crippen molar-refractivity contribution in [3.8, 4) is 0 Å². The highest BCUT2D eigenvalue weighted by molar-refractivity contribution is 6.30. The molecule has 0 aliphatic carbocycles. The van der Waals surface area contributed by atoms with Gasteiger partial charge in [0.05, 0.1) is 0 Å². The van der Waals surface area contributed by atoms with E-state index in [1.54, 1.807) is 0 Å². The van der Waals surface area contributed by atoms with Crippen molar-refractivity contribution >= 4 is 29.9 Å². The maximum absolute atomic E-state index is 12.0. The SMILES string of the molecule is CC(C)(Cc1cccc(Cl)c1)C(=O)NCCCN.Cl. The molecular formula is C14H22Cl2N2O. The number of benzene rings is 1. The van der Waals surface area contributed by atoms with E-state index in [1.807, 2.05) is 38.1 Å². The lowest BCUT2D eigenvalue weighted by Crippen LogP contribution is -2.39. The lowest BCUT2D eigenvalue weighted by molar-refractivity contribution is -0.129. The first-order chi connectivity index (χ1) is 8.45. The lowest BCUT2D eigenvalue weighted by atomic mass is 9.85. The Kier molecular flexibility index (Phi) is 8.07. The van der Waals surface area contributed by atoms with Crippen LogP contribution < -0.4 is 11.1 Å². The summed E-state index contributed by atoms with van der Waals surface area (Å²) < 4.78 is 0. The summed E-state index contributed by atoms with van der Waals surface area (Å²) in [5.74, 6) is 0.0518. The molecule has 0 aliphatic rings. The molecule has 1 rings (SSSR count). The van der Waals surface area contributed by atoms with Crippen LogP contribution in [0.3, 0.4) is 0 Å². The highest BCUT2D eigenvalue weighted by Gasteiger charge is 2.27. The highest BCUT2D eigenvalue weighted by Crippen LogP contribution is 2.23. The molecular weight excluding hydrogens is 283 g/mol. The summed E-state index contributed by atoms with van der Waals surface area (Å²) in [6.45, 7) is 5.10. The summed E-state index contributed by atoms with van der Waals surface area (Å²) in [5, 5.41) is 3.61. The molecule has 0 spiro atoms. The van der Waals surface area contributed by atoms with Crippen LogP contribution in [-0.2, 0) is 11.2 Å². The minimum Gasteiger partial charge on any atom is -0.356 e.